The lowest BCUT2D eigenvalue weighted by atomic mass is 10.1. The zero-order valence-corrected chi connectivity index (χ0v) is 17.9. The van der Waals surface area contributed by atoms with Gasteiger partial charge in [0.2, 0.25) is 0 Å². The molecule has 154 valence electrons. The van der Waals surface area contributed by atoms with E-state index in [0.717, 1.165) is 5.56 Å². The van der Waals surface area contributed by atoms with E-state index in [-0.39, 0.29) is 0 Å². The maximum absolute atomic E-state index is 6.32. The topological polar surface area (TPSA) is 64.6 Å². The van der Waals surface area contributed by atoms with Gasteiger partial charge in [-0.1, -0.05) is 60.7 Å². The Hall–Kier alpha value is -1.62. The van der Waals surface area contributed by atoms with Crippen molar-refractivity contribution in [2.75, 3.05) is 35.5 Å². The van der Waals surface area contributed by atoms with Crippen LogP contribution in [0, 0.1) is 0 Å². The molecule has 0 amide bonds. The second-order valence-corrected chi connectivity index (χ2v) is 8.35. The summed E-state index contributed by atoms with van der Waals surface area (Å²) in [7, 11) is 3.73. The van der Waals surface area contributed by atoms with Crippen LogP contribution in [-0.2, 0) is 38.6 Å². The van der Waals surface area contributed by atoms with Gasteiger partial charge in [-0.05, 0) is 5.56 Å². The molecule has 7 nitrogen and oxygen atoms in total. The average molecular weight is 409 g/mol. The quantitative estimate of drug-likeness (QED) is 0.394. The van der Waals surface area contributed by atoms with E-state index in [4.69, 9.17) is 32.2 Å². The fourth-order valence-electron chi connectivity index (χ4n) is 2.69. The lowest BCUT2D eigenvalue weighted by molar-refractivity contribution is -0.460. The second kappa shape index (κ2) is 10.8. The van der Waals surface area contributed by atoms with E-state index >= 15 is 0 Å². The highest BCUT2D eigenvalue weighted by molar-refractivity contribution is 6.75. The SMILES string of the molecule is COC(Cc1ccccc1)O[Si](OC)(OC(OC)(OC)OC)c1ccccc1. The third-order valence-corrected chi connectivity index (χ3v) is 6.87. The molecular weight excluding hydrogens is 380 g/mol. The van der Waals surface area contributed by atoms with Crippen LogP contribution in [0.2, 0.25) is 0 Å². The fourth-order valence-corrected chi connectivity index (χ4v) is 5.12. The lowest BCUT2D eigenvalue weighted by Gasteiger charge is -2.38. The molecule has 0 aliphatic heterocycles. The predicted molar refractivity (Wildman–Crippen MR) is 106 cm³/mol. The first-order valence-corrected chi connectivity index (χ1v) is 10.5. The van der Waals surface area contributed by atoms with Crippen molar-refractivity contribution >= 4 is 14.0 Å². The lowest BCUT2D eigenvalue weighted by Crippen LogP contribution is -2.63. The first kappa shape index (κ1) is 22.7. The minimum atomic E-state index is -3.58. The van der Waals surface area contributed by atoms with Gasteiger partial charge < -0.3 is 27.8 Å². The van der Waals surface area contributed by atoms with Crippen LogP contribution in [0.3, 0.4) is 0 Å². The monoisotopic (exact) mass is 408 g/mol. The molecule has 2 aromatic carbocycles. The standard InChI is InChI=1S/C20H28O7Si/c1-21-19(16-17-12-8-6-9-13-17)26-28(25-5,18-14-10-7-11-15-18)27-20(22-2,23-3)24-4/h6-15,19H,16H2,1-5H3. The highest BCUT2D eigenvalue weighted by atomic mass is 28.4. The molecular formula is C20H28O7Si. The molecule has 0 radical (unpaired) electrons. The van der Waals surface area contributed by atoms with Crippen molar-refractivity contribution in [3.05, 3.63) is 66.2 Å². The van der Waals surface area contributed by atoms with Crippen LogP contribution < -0.4 is 5.19 Å². The molecule has 0 aromatic heterocycles. The van der Waals surface area contributed by atoms with Crippen molar-refractivity contribution in [3.63, 3.8) is 0 Å². The van der Waals surface area contributed by atoms with Crippen LogP contribution in [0.5, 0.6) is 0 Å². The largest absolute Gasteiger partial charge is 0.544 e. The fraction of sp³-hybridized carbons (Fsp3) is 0.400. The zero-order chi connectivity index (χ0) is 20.5. The maximum Gasteiger partial charge on any atom is 0.544 e. The van der Waals surface area contributed by atoms with Crippen LogP contribution in [0.25, 0.3) is 0 Å². The van der Waals surface area contributed by atoms with Crippen LogP contribution in [0.4, 0.5) is 0 Å². The molecule has 0 spiro atoms. The smallest absolute Gasteiger partial charge is 0.373 e. The number of methoxy groups -OCH3 is 4. The molecule has 2 unspecified atom stereocenters. The molecule has 2 aromatic rings. The summed E-state index contributed by atoms with van der Waals surface area (Å²) in [4.78, 5) is 0. The van der Waals surface area contributed by atoms with Crippen LogP contribution in [0.15, 0.2) is 60.7 Å². The summed E-state index contributed by atoms with van der Waals surface area (Å²) in [5.41, 5.74) is 1.05. The molecule has 0 saturated heterocycles. The zero-order valence-electron chi connectivity index (χ0n) is 16.9. The van der Waals surface area contributed by atoms with E-state index in [1.165, 1.54) is 28.4 Å². The first-order valence-electron chi connectivity index (χ1n) is 8.77. The van der Waals surface area contributed by atoms with Crippen molar-refractivity contribution < 1.29 is 32.2 Å². The Morgan fingerprint density at radius 1 is 0.786 bits per heavy atom. The van der Waals surface area contributed by atoms with Crippen LogP contribution in [0.1, 0.15) is 5.56 Å². The van der Waals surface area contributed by atoms with Crippen LogP contribution >= 0.6 is 0 Å². The summed E-state index contributed by atoms with van der Waals surface area (Å²) in [5.74, 6) is 0. The number of benzene rings is 2. The average Bonchev–Trinajstić information content (AvgIpc) is 2.77. The Bertz CT molecular complexity index is 673. The normalized spacial score (nSPS) is 15.2. The number of rotatable bonds is 12. The van der Waals surface area contributed by atoms with Crippen molar-refractivity contribution in [1.82, 2.24) is 0 Å². The Morgan fingerprint density at radius 2 is 1.32 bits per heavy atom. The van der Waals surface area contributed by atoms with Gasteiger partial charge in [-0.3, -0.25) is 4.43 Å². The van der Waals surface area contributed by atoms with Crippen molar-refractivity contribution in [3.8, 4) is 0 Å². The molecule has 0 aliphatic rings. The Balaban J connectivity index is 2.39. The molecule has 0 heterocycles. The van der Waals surface area contributed by atoms with Crippen molar-refractivity contribution in [2.45, 2.75) is 18.9 Å². The maximum atomic E-state index is 6.32. The van der Waals surface area contributed by atoms with Gasteiger partial charge in [0.05, 0.1) is 0 Å². The van der Waals surface area contributed by atoms with Gasteiger partial charge in [0.15, 0.2) is 6.29 Å². The van der Waals surface area contributed by atoms with E-state index in [2.05, 4.69) is 0 Å². The van der Waals surface area contributed by atoms with Gasteiger partial charge in [-0.2, -0.15) is 0 Å². The van der Waals surface area contributed by atoms with E-state index in [9.17, 15) is 0 Å². The second-order valence-electron chi connectivity index (χ2n) is 5.81. The summed E-state index contributed by atoms with van der Waals surface area (Å²) < 4.78 is 39.8. The molecule has 0 aliphatic carbocycles. The third-order valence-electron chi connectivity index (χ3n) is 4.20. The highest BCUT2D eigenvalue weighted by Gasteiger charge is 2.53. The van der Waals surface area contributed by atoms with Gasteiger partial charge in [-0.15, -0.1) is 0 Å². The van der Waals surface area contributed by atoms with Gasteiger partial charge in [0, 0.05) is 47.2 Å². The predicted octanol–water partition coefficient (Wildman–Crippen LogP) is 2.28. The van der Waals surface area contributed by atoms with Gasteiger partial charge in [0.1, 0.15) is 0 Å². The number of ether oxygens (including phenoxy) is 4. The first-order chi connectivity index (χ1) is 13.6. The van der Waals surface area contributed by atoms with Gasteiger partial charge in [-0.25, -0.2) is 0 Å². The van der Waals surface area contributed by atoms with Gasteiger partial charge >= 0.3 is 15.0 Å². The van der Waals surface area contributed by atoms with Crippen LogP contribution in [-0.4, -0.2) is 56.8 Å². The molecule has 8 heteroatoms. The summed E-state index contributed by atoms with van der Waals surface area (Å²) in [6.07, 6.45) is -1.91. The highest BCUT2D eigenvalue weighted by Crippen LogP contribution is 2.25. The molecule has 0 N–H and O–H groups in total. The summed E-state index contributed by atoms with van der Waals surface area (Å²) >= 11 is 0. The van der Waals surface area contributed by atoms with Gasteiger partial charge in [0.25, 0.3) is 0 Å². The minimum Gasteiger partial charge on any atom is -0.373 e. The van der Waals surface area contributed by atoms with E-state index in [0.29, 0.717) is 11.6 Å². The third kappa shape index (κ3) is 5.46. The van der Waals surface area contributed by atoms with Crippen molar-refractivity contribution in [2.24, 2.45) is 0 Å². The summed E-state index contributed by atoms with van der Waals surface area (Å²) in [6, 6.07) is 19.2. The van der Waals surface area contributed by atoms with Crippen molar-refractivity contribution in [1.29, 1.82) is 0 Å². The van der Waals surface area contributed by atoms with E-state index < -0.39 is 21.3 Å². The Kier molecular flexibility index (Phi) is 8.74. The summed E-state index contributed by atoms with van der Waals surface area (Å²) in [6.45, 7) is 0. The molecule has 0 fully saturated rings. The Labute approximate surface area is 167 Å². The number of hydrogen-bond acceptors (Lipinski definition) is 7. The molecule has 2 atom stereocenters. The summed E-state index contributed by atoms with van der Waals surface area (Å²) in [5, 5.41) is 0.711. The number of hydrogen-bond donors (Lipinski definition) is 0. The minimum absolute atomic E-state index is 0.506. The Morgan fingerprint density at radius 3 is 1.79 bits per heavy atom. The molecule has 28 heavy (non-hydrogen) atoms. The molecule has 0 bridgehead atoms. The van der Waals surface area contributed by atoms with E-state index in [1.54, 1.807) is 7.11 Å². The van der Waals surface area contributed by atoms with E-state index in [1.807, 2.05) is 60.7 Å². The molecule has 2 rings (SSSR count). The molecule has 0 saturated carbocycles.